The van der Waals surface area contributed by atoms with Crippen LogP contribution in [0.25, 0.3) is 0 Å². The van der Waals surface area contributed by atoms with Gasteiger partial charge in [-0.2, -0.15) is 8.78 Å². The van der Waals surface area contributed by atoms with Gasteiger partial charge in [-0.3, -0.25) is 10.1 Å². The Bertz CT molecular complexity index is 524. The van der Waals surface area contributed by atoms with Gasteiger partial charge < -0.3 is 9.47 Å². The second-order valence-corrected chi connectivity index (χ2v) is 3.69. The van der Waals surface area contributed by atoms with Gasteiger partial charge in [0.25, 0.3) is 5.69 Å². The van der Waals surface area contributed by atoms with Crippen molar-refractivity contribution in [1.29, 1.82) is 0 Å². The van der Waals surface area contributed by atoms with Gasteiger partial charge in [0.15, 0.2) is 0 Å². The van der Waals surface area contributed by atoms with E-state index < -0.39 is 40.4 Å². The van der Waals surface area contributed by atoms with Crippen LogP contribution in [0.15, 0.2) is 12.1 Å². The van der Waals surface area contributed by atoms with E-state index in [-0.39, 0.29) is 12.2 Å². The van der Waals surface area contributed by atoms with Crippen LogP contribution < -0.4 is 4.74 Å². The Morgan fingerprint density at radius 3 is 2.60 bits per heavy atom. The number of nitrogens with zero attached hydrogens (tertiary/aromatic N) is 1. The molecule has 0 spiro atoms. The maximum absolute atomic E-state index is 12.3. The smallest absolute Gasteiger partial charge is 0.387 e. The van der Waals surface area contributed by atoms with Crippen LogP contribution in [-0.2, 0) is 10.6 Å². The summed E-state index contributed by atoms with van der Waals surface area (Å²) in [4.78, 5) is 21.9. The molecule has 1 aromatic carbocycles. The molecule has 0 aliphatic heterocycles. The predicted molar refractivity (Wildman–Crippen MR) is 65.2 cm³/mol. The van der Waals surface area contributed by atoms with Gasteiger partial charge in [-0.1, -0.05) is 0 Å². The zero-order chi connectivity index (χ0) is 15.3. The summed E-state index contributed by atoms with van der Waals surface area (Å²) < 4.78 is 33.5. The summed E-state index contributed by atoms with van der Waals surface area (Å²) in [5.74, 6) is -1.95. The fraction of sp³-hybridized carbons (Fsp3) is 0.364. The highest BCUT2D eigenvalue weighted by molar-refractivity contribution is 6.18. The van der Waals surface area contributed by atoms with Gasteiger partial charge >= 0.3 is 12.6 Å². The zero-order valence-electron chi connectivity index (χ0n) is 10.3. The summed E-state index contributed by atoms with van der Waals surface area (Å²) >= 11 is 5.58. The predicted octanol–water partition coefficient (Wildman–Crippen LogP) is 3.11. The van der Waals surface area contributed by atoms with E-state index in [1.165, 1.54) is 6.92 Å². The molecule has 1 rings (SSSR count). The Morgan fingerprint density at radius 1 is 1.50 bits per heavy atom. The molecule has 0 N–H and O–H groups in total. The Kier molecular flexibility index (Phi) is 5.63. The third kappa shape index (κ3) is 3.53. The van der Waals surface area contributed by atoms with Crippen LogP contribution in [0.1, 0.15) is 22.8 Å². The number of carbonyl (C=O) groups excluding carboxylic acids is 1. The van der Waals surface area contributed by atoms with E-state index in [9.17, 15) is 23.7 Å². The van der Waals surface area contributed by atoms with Gasteiger partial charge in [-0.25, -0.2) is 4.79 Å². The Morgan fingerprint density at radius 2 is 2.15 bits per heavy atom. The topological polar surface area (TPSA) is 78.7 Å². The maximum atomic E-state index is 12.3. The zero-order valence-corrected chi connectivity index (χ0v) is 11.0. The molecular weight excluding hydrogens is 300 g/mol. The average molecular weight is 310 g/mol. The molecular formula is C11H10ClF2NO5. The molecule has 0 bridgehead atoms. The molecule has 0 saturated heterocycles. The molecule has 0 atom stereocenters. The van der Waals surface area contributed by atoms with Crippen LogP contribution in [0.3, 0.4) is 0 Å². The highest BCUT2D eigenvalue weighted by Crippen LogP contribution is 2.33. The van der Waals surface area contributed by atoms with Crippen molar-refractivity contribution in [2.24, 2.45) is 0 Å². The number of nitro benzene ring substituents is 1. The molecule has 1 aromatic rings. The van der Waals surface area contributed by atoms with Crippen molar-refractivity contribution in [3.05, 3.63) is 33.4 Å². The summed E-state index contributed by atoms with van der Waals surface area (Å²) in [6, 6.07) is 1.85. The summed E-state index contributed by atoms with van der Waals surface area (Å²) in [6.07, 6.45) is 0. The molecule has 110 valence electrons. The molecule has 0 unspecified atom stereocenters. The van der Waals surface area contributed by atoms with Gasteiger partial charge in [-0.15, -0.1) is 11.6 Å². The monoisotopic (exact) mass is 309 g/mol. The van der Waals surface area contributed by atoms with Gasteiger partial charge in [-0.05, 0) is 13.0 Å². The Hall–Kier alpha value is -1.96. The van der Waals surface area contributed by atoms with E-state index in [0.717, 1.165) is 12.1 Å². The first kappa shape index (κ1) is 16.1. The molecule has 9 heteroatoms. The highest BCUT2D eigenvalue weighted by atomic mass is 35.5. The number of carbonyl (C=O) groups is 1. The van der Waals surface area contributed by atoms with Crippen molar-refractivity contribution in [2.45, 2.75) is 19.4 Å². The van der Waals surface area contributed by atoms with Crippen molar-refractivity contribution in [1.82, 2.24) is 0 Å². The van der Waals surface area contributed by atoms with E-state index in [2.05, 4.69) is 9.47 Å². The molecule has 0 aromatic heterocycles. The minimum atomic E-state index is -3.19. The first-order valence-corrected chi connectivity index (χ1v) is 5.94. The molecule has 0 heterocycles. The number of esters is 1. The summed E-state index contributed by atoms with van der Waals surface area (Å²) in [5.41, 5.74) is -1.16. The van der Waals surface area contributed by atoms with E-state index >= 15 is 0 Å². The van der Waals surface area contributed by atoms with Crippen LogP contribution >= 0.6 is 11.6 Å². The number of hydrogen-bond acceptors (Lipinski definition) is 5. The van der Waals surface area contributed by atoms with Crippen LogP contribution in [0.4, 0.5) is 14.5 Å². The summed E-state index contributed by atoms with van der Waals surface area (Å²) in [7, 11) is 0. The molecule has 0 aliphatic rings. The largest absolute Gasteiger partial charge is 0.462 e. The number of benzene rings is 1. The minimum Gasteiger partial charge on any atom is -0.462 e. The first-order chi connectivity index (χ1) is 9.42. The lowest BCUT2D eigenvalue weighted by molar-refractivity contribution is -0.385. The standard InChI is InChI=1S/C11H10ClF2NO5/c1-2-19-10(16)9-6(5-12)7(15(17)18)3-4-8(9)20-11(13)14/h3-4,11H,2,5H2,1H3. The normalized spacial score (nSPS) is 10.4. The first-order valence-electron chi connectivity index (χ1n) is 5.40. The summed E-state index contributed by atoms with van der Waals surface area (Å²) in [5, 5.41) is 10.9. The molecule has 6 nitrogen and oxygen atoms in total. The van der Waals surface area contributed by atoms with Crippen molar-refractivity contribution < 1.29 is 28.0 Å². The number of halogens is 3. The number of nitro groups is 1. The lowest BCUT2D eigenvalue weighted by Crippen LogP contribution is -2.14. The molecule has 0 aliphatic carbocycles. The fourth-order valence-corrected chi connectivity index (χ4v) is 1.81. The molecule has 0 radical (unpaired) electrons. The average Bonchev–Trinajstić information content (AvgIpc) is 2.37. The van der Waals surface area contributed by atoms with E-state index in [4.69, 9.17) is 11.6 Å². The number of ether oxygens (including phenoxy) is 2. The molecule has 0 amide bonds. The second-order valence-electron chi connectivity index (χ2n) is 3.43. The van der Waals surface area contributed by atoms with Crippen LogP contribution in [-0.4, -0.2) is 24.1 Å². The number of alkyl halides is 3. The third-order valence-electron chi connectivity index (χ3n) is 2.28. The third-order valence-corrected chi connectivity index (χ3v) is 2.54. The van der Waals surface area contributed by atoms with Crippen molar-refractivity contribution >= 4 is 23.3 Å². The molecule has 0 fully saturated rings. The Balaban J connectivity index is 3.46. The van der Waals surface area contributed by atoms with E-state index in [1.54, 1.807) is 0 Å². The van der Waals surface area contributed by atoms with Crippen LogP contribution in [0.5, 0.6) is 5.75 Å². The molecule has 0 saturated carbocycles. The maximum Gasteiger partial charge on any atom is 0.387 e. The van der Waals surface area contributed by atoms with Gasteiger partial charge in [0.05, 0.1) is 23.0 Å². The lowest BCUT2D eigenvalue weighted by Gasteiger charge is -2.13. The van der Waals surface area contributed by atoms with Crippen molar-refractivity contribution in [3.63, 3.8) is 0 Å². The van der Waals surface area contributed by atoms with Crippen molar-refractivity contribution in [2.75, 3.05) is 6.61 Å². The van der Waals surface area contributed by atoms with E-state index in [0.29, 0.717) is 0 Å². The quantitative estimate of drug-likeness (QED) is 0.349. The summed E-state index contributed by atoms with van der Waals surface area (Å²) in [6.45, 7) is -1.71. The number of rotatable bonds is 6. The fourth-order valence-electron chi connectivity index (χ4n) is 1.54. The van der Waals surface area contributed by atoms with Gasteiger partial charge in [0.1, 0.15) is 11.3 Å². The molecule has 20 heavy (non-hydrogen) atoms. The van der Waals surface area contributed by atoms with Gasteiger partial charge in [0, 0.05) is 6.07 Å². The van der Waals surface area contributed by atoms with Crippen LogP contribution in [0.2, 0.25) is 0 Å². The van der Waals surface area contributed by atoms with Crippen LogP contribution in [0, 0.1) is 10.1 Å². The number of hydrogen-bond donors (Lipinski definition) is 0. The van der Waals surface area contributed by atoms with Gasteiger partial charge in [0.2, 0.25) is 0 Å². The minimum absolute atomic E-state index is 0.0304. The highest BCUT2D eigenvalue weighted by Gasteiger charge is 2.27. The Labute approximate surface area is 117 Å². The SMILES string of the molecule is CCOC(=O)c1c(OC(F)F)ccc([N+](=O)[O-])c1CCl. The van der Waals surface area contributed by atoms with Crippen molar-refractivity contribution in [3.8, 4) is 5.75 Å². The van der Waals surface area contributed by atoms with E-state index in [1.807, 2.05) is 0 Å². The lowest BCUT2D eigenvalue weighted by atomic mass is 10.1. The second kappa shape index (κ2) is 6.99.